The summed E-state index contributed by atoms with van der Waals surface area (Å²) in [6.45, 7) is 12.7. The van der Waals surface area contributed by atoms with Crippen molar-refractivity contribution in [1.29, 1.82) is 0 Å². The van der Waals surface area contributed by atoms with Crippen LogP contribution in [0.2, 0.25) is 6.04 Å². The Kier molecular flexibility index (Phi) is 4.07. The highest BCUT2D eigenvalue weighted by molar-refractivity contribution is 7.39. The Hall–Kier alpha value is -0.169. The standard InChI is InChI=1S/C13H24OSi3/c1-8-9(2)11(4)13(12(5)10(8)3)17-7-6-14-15-16-17/h17H,6-7,15-16H2,1-5H3. The molecule has 17 heavy (non-hydrogen) atoms. The lowest BCUT2D eigenvalue weighted by molar-refractivity contribution is 0.367. The molecule has 2 rings (SSSR count). The minimum Gasteiger partial charge on any atom is -0.428 e. The Morgan fingerprint density at radius 1 is 0.882 bits per heavy atom. The van der Waals surface area contributed by atoms with Gasteiger partial charge in [0.25, 0.3) is 0 Å². The summed E-state index contributed by atoms with van der Waals surface area (Å²) in [5, 5.41) is 1.84. The van der Waals surface area contributed by atoms with E-state index in [9.17, 15) is 0 Å². The lowest BCUT2D eigenvalue weighted by atomic mass is 9.95. The molecule has 1 nitrogen and oxygen atoms in total. The van der Waals surface area contributed by atoms with E-state index in [1.807, 2.05) is 5.19 Å². The fourth-order valence-electron chi connectivity index (χ4n) is 3.13. The van der Waals surface area contributed by atoms with Gasteiger partial charge in [-0.15, -0.1) is 0 Å². The molecular weight excluding hydrogens is 256 g/mol. The van der Waals surface area contributed by atoms with Crippen LogP contribution < -0.4 is 5.19 Å². The Morgan fingerprint density at radius 2 is 1.41 bits per heavy atom. The van der Waals surface area contributed by atoms with Gasteiger partial charge in [0.1, 0.15) is 9.28 Å². The topological polar surface area (TPSA) is 9.23 Å². The molecule has 1 atom stereocenters. The first-order chi connectivity index (χ1) is 8.04. The fraction of sp³-hybridized carbons (Fsp3) is 0.538. The minimum absolute atomic E-state index is 0.0484. The van der Waals surface area contributed by atoms with Crippen molar-refractivity contribution in [2.45, 2.75) is 40.7 Å². The van der Waals surface area contributed by atoms with Crippen molar-refractivity contribution in [1.82, 2.24) is 0 Å². The molecule has 0 N–H and O–H groups in total. The van der Waals surface area contributed by atoms with Crippen LogP contribution in [0.25, 0.3) is 0 Å². The molecule has 0 aromatic heterocycles. The molecule has 0 radical (unpaired) electrons. The van der Waals surface area contributed by atoms with Crippen LogP contribution in [0.4, 0.5) is 0 Å². The van der Waals surface area contributed by atoms with E-state index in [4.69, 9.17) is 4.43 Å². The van der Waals surface area contributed by atoms with Gasteiger partial charge in [0.15, 0.2) is 0 Å². The van der Waals surface area contributed by atoms with E-state index < -0.39 is 8.31 Å². The average molecular weight is 281 g/mol. The Bertz CT molecular complexity index is 408. The van der Waals surface area contributed by atoms with Gasteiger partial charge < -0.3 is 4.43 Å². The van der Waals surface area contributed by atoms with Crippen LogP contribution in [0.5, 0.6) is 0 Å². The number of rotatable bonds is 1. The van der Waals surface area contributed by atoms with Crippen molar-refractivity contribution in [3.8, 4) is 0 Å². The lowest BCUT2D eigenvalue weighted by Crippen LogP contribution is -2.47. The molecule has 1 aromatic rings. The second-order valence-electron chi connectivity index (χ2n) is 5.43. The van der Waals surface area contributed by atoms with Gasteiger partial charge in [-0.05, 0) is 68.5 Å². The van der Waals surface area contributed by atoms with Crippen molar-refractivity contribution in [2.24, 2.45) is 0 Å². The minimum atomic E-state index is -0.564. The molecule has 0 amide bonds. The first-order valence-corrected chi connectivity index (χ1v) is 15.9. The summed E-state index contributed by atoms with van der Waals surface area (Å²) >= 11 is 0. The van der Waals surface area contributed by atoms with Crippen LogP contribution in [-0.2, 0) is 4.43 Å². The molecule has 4 heteroatoms. The first-order valence-electron chi connectivity index (χ1n) is 6.68. The van der Waals surface area contributed by atoms with E-state index in [1.54, 1.807) is 22.3 Å². The number of benzene rings is 1. The molecule has 1 unspecified atom stereocenters. The van der Waals surface area contributed by atoms with Crippen LogP contribution in [0, 0.1) is 34.6 Å². The third kappa shape index (κ3) is 2.36. The third-order valence-electron chi connectivity index (χ3n) is 4.69. The second-order valence-corrected chi connectivity index (χ2v) is 20.5. The van der Waals surface area contributed by atoms with Crippen LogP contribution in [0.15, 0.2) is 0 Å². The maximum Gasteiger partial charge on any atom is 0.141 e. The molecule has 1 heterocycles. The van der Waals surface area contributed by atoms with Crippen LogP contribution in [0.3, 0.4) is 0 Å². The lowest BCUT2D eigenvalue weighted by Gasteiger charge is -2.27. The molecular formula is C13H24OSi3. The zero-order valence-electron chi connectivity index (χ0n) is 11.8. The Balaban J connectivity index is 2.52. The van der Waals surface area contributed by atoms with Gasteiger partial charge in [-0.2, -0.15) is 0 Å². The van der Waals surface area contributed by atoms with Crippen LogP contribution in [-0.4, -0.2) is 32.8 Å². The van der Waals surface area contributed by atoms with Crippen molar-refractivity contribution >= 4 is 31.3 Å². The Labute approximate surface area is 111 Å². The van der Waals surface area contributed by atoms with E-state index in [0.29, 0.717) is 0 Å². The van der Waals surface area contributed by atoms with Crippen molar-refractivity contribution in [3.05, 3.63) is 27.8 Å². The van der Waals surface area contributed by atoms with Gasteiger partial charge in [-0.25, -0.2) is 0 Å². The largest absolute Gasteiger partial charge is 0.428 e. The summed E-state index contributed by atoms with van der Waals surface area (Å²) in [7, 11) is -0.420. The van der Waals surface area contributed by atoms with Crippen molar-refractivity contribution < 1.29 is 4.43 Å². The summed E-state index contributed by atoms with van der Waals surface area (Å²) < 4.78 is 5.72. The maximum atomic E-state index is 5.72. The van der Waals surface area contributed by atoms with Crippen LogP contribution in [0.1, 0.15) is 27.8 Å². The van der Waals surface area contributed by atoms with Gasteiger partial charge in [-0.3, -0.25) is 0 Å². The van der Waals surface area contributed by atoms with Crippen molar-refractivity contribution in [3.63, 3.8) is 0 Å². The monoisotopic (exact) mass is 280 g/mol. The molecule has 1 fully saturated rings. The molecule has 1 aliphatic rings. The quantitative estimate of drug-likeness (QED) is 0.675. The van der Waals surface area contributed by atoms with Gasteiger partial charge in [-0.1, -0.05) is 5.19 Å². The zero-order chi connectivity index (χ0) is 12.6. The maximum absolute atomic E-state index is 5.72. The summed E-state index contributed by atoms with van der Waals surface area (Å²) in [6, 6.07) is 1.42. The summed E-state index contributed by atoms with van der Waals surface area (Å²) in [5.74, 6) is 0. The Morgan fingerprint density at radius 3 is 1.88 bits per heavy atom. The molecule has 1 aromatic carbocycles. The second kappa shape index (κ2) is 5.22. The zero-order valence-corrected chi connectivity index (χ0v) is 15.8. The smallest absolute Gasteiger partial charge is 0.141 e. The van der Waals surface area contributed by atoms with E-state index in [-0.39, 0.29) is 17.8 Å². The summed E-state index contributed by atoms with van der Waals surface area (Å²) in [4.78, 5) is 0. The highest BCUT2D eigenvalue weighted by Crippen LogP contribution is 2.20. The number of hydrogen-bond donors (Lipinski definition) is 0. The molecule has 0 aliphatic carbocycles. The summed E-state index contributed by atoms with van der Waals surface area (Å²) in [6.07, 6.45) is 0. The van der Waals surface area contributed by atoms with E-state index in [0.717, 1.165) is 6.61 Å². The third-order valence-corrected chi connectivity index (χ3v) is 23.3. The van der Waals surface area contributed by atoms with Gasteiger partial charge >= 0.3 is 0 Å². The summed E-state index contributed by atoms with van der Waals surface area (Å²) in [5.41, 5.74) is 7.88. The fourth-order valence-corrected chi connectivity index (χ4v) is 22.5. The molecule has 94 valence electrons. The molecule has 1 saturated heterocycles. The highest BCUT2D eigenvalue weighted by atomic mass is 29.5. The SMILES string of the molecule is Cc1c(C)c(C)c([SiH]2CCO[SiH2][SiH2]2)c(C)c1C. The highest BCUT2D eigenvalue weighted by Gasteiger charge is 2.24. The molecule has 0 spiro atoms. The molecule has 0 bridgehead atoms. The van der Waals surface area contributed by atoms with Gasteiger partial charge in [0.2, 0.25) is 0 Å². The number of hydrogen-bond acceptors (Lipinski definition) is 1. The van der Waals surface area contributed by atoms with Gasteiger partial charge in [0, 0.05) is 15.2 Å². The van der Waals surface area contributed by atoms with Gasteiger partial charge in [0.05, 0.1) is 8.31 Å². The normalized spacial score (nSPS) is 23.5. The predicted molar refractivity (Wildman–Crippen MR) is 84.8 cm³/mol. The predicted octanol–water partition coefficient (Wildman–Crippen LogP) is 0.357. The van der Waals surface area contributed by atoms with Crippen LogP contribution >= 0.6 is 0 Å². The average Bonchev–Trinajstić information content (AvgIpc) is 2.36. The van der Waals surface area contributed by atoms with E-state index in [1.165, 1.54) is 11.6 Å². The first kappa shape index (κ1) is 13.3. The molecule has 0 saturated carbocycles. The van der Waals surface area contributed by atoms with E-state index >= 15 is 0 Å². The van der Waals surface area contributed by atoms with Crippen molar-refractivity contribution in [2.75, 3.05) is 6.61 Å². The van der Waals surface area contributed by atoms with E-state index in [2.05, 4.69) is 34.6 Å². The molecule has 1 aliphatic heterocycles.